The van der Waals surface area contributed by atoms with Crippen LogP contribution in [0, 0.1) is 0 Å². The Morgan fingerprint density at radius 3 is 2.24 bits per heavy atom. The highest BCUT2D eigenvalue weighted by molar-refractivity contribution is 5.77. The van der Waals surface area contributed by atoms with E-state index in [2.05, 4.69) is 41.5 Å². The van der Waals surface area contributed by atoms with Crippen molar-refractivity contribution in [3.63, 3.8) is 0 Å². The van der Waals surface area contributed by atoms with Gasteiger partial charge in [-0.1, -0.05) is 24.3 Å². The number of benzene rings is 1. The number of carbonyl (C=O) groups is 1. The summed E-state index contributed by atoms with van der Waals surface area (Å²) in [6, 6.07) is 12.5. The second-order valence-corrected chi connectivity index (χ2v) is 5.25. The van der Waals surface area contributed by atoms with Gasteiger partial charge in [-0.3, -0.25) is 9.78 Å². The lowest BCUT2D eigenvalue weighted by Crippen LogP contribution is -2.34. The summed E-state index contributed by atoms with van der Waals surface area (Å²) in [7, 11) is 3.52. The Morgan fingerprint density at radius 1 is 1.10 bits per heavy atom. The van der Waals surface area contributed by atoms with E-state index in [4.69, 9.17) is 0 Å². The van der Waals surface area contributed by atoms with Gasteiger partial charge in [-0.15, -0.1) is 0 Å². The van der Waals surface area contributed by atoms with Gasteiger partial charge in [0.15, 0.2) is 0 Å². The highest BCUT2D eigenvalue weighted by Gasteiger charge is 2.09. The van der Waals surface area contributed by atoms with E-state index in [1.54, 1.807) is 31.4 Å². The van der Waals surface area contributed by atoms with E-state index in [0.29, 0.717) is 6.54 Å². The molecule has 0 bridgehead atoms. The zero-order chi connectivity index (χ0) is 15.2. The average Bonchev–Trinajstić information content (AvgIpc) is 2.53. The van der Waals surface area contributed by atoms with Crippen LogP contribution in [-0.2, 0) is 4.79 Å². The molecule has 1 heterocycles. The van der Waals surface area contributed by atoms with Gasteiger partial charge in [0.05, 0.1) is 6.54 Å². The summed E-state index contributed by atoms with van der Waals surface area (Å²) in [5.41, 5.74) is 3.48. The molecule has 21 heavy (non-hydrogen) atoms. The molecule has 0 fully saturated rings. The second-order valence-electron chi connectivity index (χ2n) is 5.25. The predicted molar refractivity (Wildman–Crippen MR) is 84.8 cm³/mol. The monoisotopic (exact) mass is 283 g/mol. The lowest BCUT2D eigenvalue weighted by Gasteiger charge is -2.16. The summed E-state index contributed by atoms with van der Waals surface area (Å²) in [4.78, 5) is 17.2. The number of nitrogens with zero attached hydrogens (tertiary/aromatic N) is 2. The van der Waals surface area contributed by atoms with Crippen molar-refractivity contribution in [1.82, 2.24) is 15.2 Å². The van der Waals surface area contributed by atoms with Crippen molar-refractivity contribution in [2.75, 3.05) is 20.6 Å². The van der Waals surface area contributed by atoms with Gasteiger partial charge < -0.3 is 10.2 Å². The number of aromatic nitrogens is 1. The minimum Gasteiger partial charge on any atom is -0.348 e. The summed E-state index contributed by atoms with van der Waals surface area (Å²) in [6.07, 6.45) is 3.58. The Morgan fingerprint density at radius 2 is 1.67 bits per heavy atom. The number of rotatable bonds is 5. The van der Waals surface area contributed by atoms with Crippen LogP contribution in [0.15, 0.2) is 48.8 Å². The Labute approximate surface area is 125 Å². The third-order valence-electron chi connectivity index (χ3n) is 3.48. The summed E-state index contributed by atoms with van der Waals surface area (Å²) < 4.78 is 0. The number of hydrogen-bond donors (Lipinski definition) is 1. The van der Waals surface area contributed by atoms with Gasteiger partial charge in [-0.2, -0.15) is 0 Å². The van der Waals surface area contributed by atoms with Gasteiger partial charge in [-0.25, -0.2) is 0 Å². The largest absolute Gasteiger partial charge is 0.348 e. The first-order chi connectivity index (χ1) is 10.1. The standard InChI is InChI=1S/C17H21N3O/c1-13(19-12-17(21)20(2)3)14-4-6-15(7-5-14)16-8-10-18-11-9-16/h4-11,13,19H,12H2,1-3H3/t13-/m0/s1. The first kappa shape index (κ1) is 15.2. The molecule has 0 aliphatic rings. The first-order valence-electron chi connectivity index (χ1n) is 7.02. The lowest BCUT2D eigenvalue weighted by atomic mass is 10.0. The first-order valence-corrected chi connectivity index (χ1v) is 7.02. The molecule has 2 aromatic rings. The van der Waals surface area contributed by atoms with Crippen molar-refractivity contribution < 1.29 is 4.79 Å². The highest BCUT2D eigenvalue weighted by Crippen LogP contribution is 2.21. The summed E-state index contributed by atoms with van der Waals surface area (Å²) >= 11 is 0. The third kappa shape index (κ3) is 4.13. The van der Waals surface area contributed by atoms with Gasteiger partial charge in [0.25, 0.3) is 0 Å². The van der Waals surface area contributed by atoms with Gasteiger partial charge in [0.1, 0.15) is 0 Å². The van der Waals surface area contributed by atoms with E-state index in [0.717, 1.165) is 11.1 Å². The van der Waals surface area contributed by atoms with Crippen LogP contribution in [0.3, 0.4) is 0 Å². The van der Waals surface area contributed by atoms with Crippen LogP contribution in [0.5, 0.6) is 0 Å². The molecule has 1 aromatic heterocycles. The van der Waals surface area contributed by atoms with Crippen LogP contribution in [-0.4, -0.2) is 36.4 Å². The molecule has 0 aliphatic carbocycles. The molecular formula is C17H21N3O. The molecule has 0 saturated heterocycles. The fraction of sp³-hybridized carbons (Fsp3) is 0.294. The minimum atomic E-state index is 0.0789. The van der Waals surface area contributed by atoms with Gasteiger partial charge in [0, 0.05) is 32.5 Å². The Kier molecular flexibility index (Phi) is 5.06. The smallest absolute Gasteiger partial charge is 0.236 e. The maximum absolute atomic E-state index is 11.6. The fourth-order valence-corrected chi connectivity index (χ4v) is 2.02. The van der Waals surface area contributed by atoms with Crippen LogP contribution < -0.4 is 5.32 Å². The molecule has 4 heteroatoms. The Bertz CT molecular complexity index is 579. The van der Waals surface area contributed by atoms with E-state index < -0.39 is 0 Å². The maximum Gasteiger partial charge on any atom is 0.236 e. The molecule has 0 spiro atoms. The molecule has 4 nitrogen and oxygen atoms in total. The van der Waals surface area contributed by atoms with Crippen LogP contribution in [0.2, 0.25) is 0 Å². The molecule has 0 unspecified atom stereocenters. The van der Waals surface area contributed by atoms with E-state index in [1.807, 2.05) is 12.1 Å². The number of amides is 1. The van der Waals surface area contributed by atoms with E-state index in [1.165, 1.54) is 5.56 Å². The van der Waals surface area contributed by atoms with Crippen molar-refractivity contribution in [3.05, 3.63) is 54.4 Å². The van der Waals surface area contributed by atoms with Crippen LogP contribution in [0.25, 0.3) is 11.1 Å². The normalized spacial score (nSPS) is 12.0. The second kappa shape index (κ2) is 6.99. The number of pyridine rings is 1. The molecule has 1 aromatic carbocycles. The van der Waals surface area contributed by atoms with Crippen molar-refractivity contribution in [1.29, 1.82) is 0 Å². The quantitative estimate of drug-likeness (QED) is 0.917. The molecule has 1 N–H and O–H groups in total. The third-order valence-corrected chi connectivity index (χ3v) is 3.48. The molecule has 1 atom stereocenters. The molecule has 0 radical (unpaired) electrons. The fourth-order valence-electron chi connectivity index (χ4n) is 2.02. The Balaban J connectivity index is 2.00. The van der Waals surface area contributed by atoms with Gasteiger partial charge in [0.2, 0.25) is 5.91 Å². The topological polar surface area (TPSA) is 45.2 Å². The molecule has 0 aliphatic heterocycles. The van der Waals surface area contributed by atoms with E-state index >= 15 is 0 Å². The maximum atomic E-state index is 11.6. The highest BCUT2D eigenvalue weighted by atomic mass is 16.2. The predicted octanol–water partition coefficient (Wildman–Crippen LogP) is 2.49. The molecular weight excluding hydrogens is 262 g/mol. The Hall–Kier alpha value is -2.20. The zero-order valence-corrected chi connectivity index (χ0v) is 12.7. The van der Waals surface area contributed by atoms with E-state index in [9.17, 15) is 4.79 Å². The van der Waals surface area contributed by atoms with Crippen LogP contribution in [0.4, 0.5) is 0 Å². The molecule has 110 valence electrons. The summed E-state index contributed by atoms with van der Waals surface area (Å²) in [6.45, 7) is 2.41. The average molecular weight is 283 g/mol. The number of carbonyl (C=O) groups excluding carboxylic acids is 1. The lowest BCUT2D eigenvalue weighted by molar-refractivity contribution is -0.127. The molecule has 1 amide bonds. The summed E-state index contributed by atoms with van der Waals surface area (Å²) in [5, 5.41) is 3.24. The van der Waals surface area contributed by atoms with Crippen LogP contribution in [0.1, 0.15) is 18.5 Å². The van der Waals surface area contributed by atoms with Crippen molar-refractivity contribution in [2.45, 2.75) is 13.0 Å². The minimum absolute atomic E-state index is 0.0789. The number of hydrogen-bond acceptors (Lipinski definition) is 3. The van der Waals surface area contributed by atoms with Crippen molar-refractivity contribution in [3.8, 4) is 11.1 Å². The summed E-state index contributed by atoms with van der Waals surface area (Å²) in [5.74, 6) is 0.0789. The molecule has 0 saturated carbocycles. The number of likely N-dealkylation sites (N-methyl/N-ethyl adjacent to an activating group) is 1. The zero-order valence-electron chi connectivity index (χ0n) is 12.7. The SMILES string of the molecule is C[C@H](NCC(=O)N(C)C)c1ccc(-c2ccncc2)cc1. The van der Waals surface area contributed by atoms with E-state index in [-0.39, 0.29) is 11.9 Å². The van der Waals surface area contributed by atoms with Crippen molar-refractivity contribution in [2.24, 2.45) is 0 Å². The van der Waals surface area contributed by atoms with Gasteiger partial charge in [-0.05, 0) is 35.7 Å². The van der Waals surface area contributed by atoms with Gasteiger partial charge >= 0.3 is 0 Å². The molecule has 2 rings (SSSR count). The van der Waals surface area contributed by atoms with Crippen molar-refractivity contribution >= 4 is 5.91 Å². The number of nitrogens with one attached hydrogen (secondary N) is 1. The van der Waals surface area contributed by atoms with Crippen LogP contribution >= 0.6 is 0 Å².